The summed E-state index contributed by atoms with van der Waals surface area (Å²) in [6, 6.07) is 10.7. The lowest BCUT2D eigenvalue weighted by molar-refractivity contribution is -0.119. The molecule has 2 heterocycles. The van der Waals surface area contributed by atoms with Crippen LogP contribution in [0.5, 0.6) is 11.5 Å². The topological polar surface area (TPSA) is 112 Å². The Kier molecular flexibility index (Phi) is 5.84. The molecule has 9 nitrogen and oxygen atoms in total. The summed E-state index contributed by atoms with van der Waals surface area (Å²) in [6.07, 6.45) is 2.20. The maximum Gasteiger partial charge on any atom is 0.257 e. The Morgan fingerprint density at radius 3 is 2.61 bits per heavy atom. The Labute approximate surface area is 180 Å². The average Bonchev–Trinajstić information content (AvgIpc) is 2.99. The van der Waals surface area contributed by atoms with Gasteiger partial charge >= 0.3 is 0 Å². The van der Waals surface area contributed by atoms with Crippen molar-refractivity contribution in [2.75, 3.05) is 18.6 Å². The molecule has 0 spiro atoms. The van der Waals surface area contributed by atoms with Crippen LogP contribution in [-0.4, -0.2) is 43.2 Å². The smallest absolute Gasteiger partial charge is 0.257 e. The molecule has 4 rings (SSSR count). The van der Waals surface area contributed by atoms with Crippen LogP contribution in [0.4, 0.5) is 0 Å². The first-order valence-corrected chi connectivity index (χ1v) is 11.5. The third-order valence-electron chi connectivity index (χ3n) is 4.94. The molecule has 0 bridgehead atoms. The maximum absolute atomic E-state index is 13.0. The van der Waals surface area contributed by atoms with Gasteiger partial charge in [0.25, 0.3) is 5.91 Å². The fourth-order valence-corrected chi connectivity index (χ4v) is 4.63. The monoisotopic (exact) mass is 444 g/mol. The quantitative estimate of drug-likeness (QED) is 0.603. The summed E-state index contributed by atoms with van der Waals surface area (Å²) in [6.45, 7) is 4.50. The van der Waals surface area contributed by atoms with Gasteiger partial charge < -0.3 is 9.47 Å². The van der Waals surface area contributed by atoms with Crippen LogP contribution < -0.4 is 19.6 Å². The number of imidazole rings is 1. The number of nitrogens with one attached hydrogen (secondary N) is 2. The number of benzene rings is 2. The van der Waals surface area contributed by atoms with Crippen molar-refractivity contribution in [3.05, 3.63) is 48.8 Å². The number of rotatable bonds is 6. The Bertz CT molecular complexity index is 1210. The van der Waals surface area contributed by atoms with E-state index in [2.05, 4.69) is 15.1 Å². The maximum atomic E-state index is 13.0. The first-order valence-electron chi connectivity index (χ1n) is 10.00. The van der Waals surface area contributed by atoms with Gasteiger partial charge in [-0.05, 0) is 30.2 Å². The molecule has 2 aromatic carbocycles. The first-order chi connectivity index (χ1) is 14.8. The molecule has 0 saturated heterocycles. The van der Waals surface area contributed by atoms with E-state index in [1.165, 1.54) is 23.1 Å². The molecule has 0 fully saturated rings. The molecule has 1 aliphatic heterocycles. The molecule has 0 radical (unpaired) electrons. The van der Waals surface area contributed by atoms with E-state index < -0.39 is 22.0 Å². The van der Waals surface area contributed by atoms with Crippen LogP contribution >= 0.6 is 0 Å². The second-order valence-corrected chi connectivity index (χ2v) is 9.30. The van der Waals surface area contributed by atoms with Gasteiger partial charge in [0.05, 0.1) is 29.1 Å². The van der Waals surface area contributed by atoms with E-state index in [9.17, 15) is 13.2 Å². The van der Waals surface area contributed by atoms with Crippen molar-refractivity contribution in [1.29, 1.82) is 0 Å². The van der Waals surface area contributed by atoms with E-state index >= 15 is 0 Å². The zero-order valence-corrected chi connectivity index (χ0v) is 18.1. The second kappa shape index (κ2) is 8.56. The number of para-hydroxylation sites is 2. The highest BCUT2D eigenvalue weighted by atomic mass is 32.2. The predicted octanol–water partition coefficient (Wildman–Crippen LogP) is 2.27. The van der Waals surface area contributed by atoms with Gasteiger partial charge in [0, 0.05) is 12.5 Å². The van der Waals surface area contributed by atoms with Crippen LogP contribution in [0.3, 0.4) is 0 Å². The highest BCUT2D eigenvalue weighted by Crippen LogP contribution is 2.32. The van der Waals surface area contributed by atoms with Gasteiger partial charge in [-0.15, -0.1) is 0 Å². The number of aromatic nitrogens is 2. The zero-order chi connectivity index (χ0) is 22.0. The van der Waals surface area contributed by atoms with Crippen molar-refractivity contribution in [2.24, 2.45) is 5.92 Å². The number of carbonyl (C=O) groups is 1. The molecule has 31 heavy (non-hydrogen) atoms. The number of fused-ring (bicyclic) bond motifs is 2. The Hall–Kier alpha value is -3.11. The summed E-state index contributed by atoms with van der Waals surface area (Å²) < 4.78 is 41.2. The average molecular weight is 445 g/mol. The normalized spacial score (nSPS) is 14.9. The number of sulfonamides is 1. The van der Waals surface area contributed by atoms with E-state index in [0.29, 0.717) is 36.7 Å². The Balaban J connectivity index is 1.56. The molecule has 1 atom stereocenters. The molecule has 0 aliphatic carbocycles. The van der Waals surface area contributed by atoms with Gasteiger partial charge in [0.1, 0.15) is 12.4 Å². The van der Waals surface area contributed by atoms with Crippen molar-refractivity contribution in [3.63, 3.8) is 0 Å². The summed E-state index contributed by atoms with van der Waals surface area (Å²) >= 11 is 0. The standard InChI is InChI=1S/C21H24N4O5S/c1-14(2)20(21(26)23-25-13-22-16-6-3-4-7-17(16)25)24-31(27,28)15-8-9-18-19(12-15)30-11-5-10-29-18/h3-4,6-9,12-14,20,24H,5,10-11H2,1-2H3,(H,23,26). The van der Waals surface area contributed by atoms with Gasteiger partial charge in [-0.2, -0.15) is 4.72 Å². The van der Waals surface area contributed by atoms with E-state index in [-0.39, 0.29) is 10.8 Å². The summed E-state index contributed by atoms with van der Waals surface area (Å²) in [5, 5.41) is 0. The highest BCUT2D eigenvalue weighted by Gasteiger charge is 2.29. The third kappa shape index (κ3) is 4.49. The van der Waals surface area contributed by atoms with Crippen molar-refractivity contribution in [3.8, 4) is 11.5 Å². The number of hydrogen-bond acceptors (Lipinski definition) is 6. The second-order valence-electron chi connectivity index (χ2n) is 7.58. The van der Waals surface area contributed by atoms with E-state index in [1.807, 2.05) is 24.3 Å². The summed E-state index contributed by atoms with van der Waals surface area (Å²) in [7, 11) is -3.99. The molecule has 1 aliphatic rings. The summed E-state index contributed by atoms with van der Waals surface area (Å²) in [4.78, 5) is 17.2. The molecule has 1 aromatic heterocycles. The van der Waals surface area contributed by atoms with Crippen molar-refractivity contribution in [1.82, 2.24) is 14.4 Å². The minimum absolute atomic E-state index is 0.00304. The molecule has 3 aromatic rings. The fourth-order valence-electron chi connectivity index (χ4n) is 3.27. The van der Waals surface area contributed by atoms with Crippen LogP contribution in [0.15, 0.2) is 53.7 Å². The zero-order valence-electron chi connectivity index (χ0n) is 17.2. The SMILES string of the molecule is CC(C)C(NS(=O)(=O)c1ccc2c(c1)OCCCO2)C(=O)Nn1cnc2ccccc21. The van der Waals surface area contributed by atoms with E-state index in [0.717, 1.165) is 5.52 Å². The van der Waals surface area contributed by atoms with E-state index in [4.69, 9.17) is 9.47 Å². The van der Waals surface area contributed by atoms with Gasteiger partial charge in [0.2, 0.25) is 10.0 Å². The first kappa shape index (κ1) is 21.1. The minimum Gasteiger partial charge on any atom is -0.490 e. The van der Waals surface area contributed by atoms with Gasteiger partial charge in [0.15, 0.2) is 11.5 Å². The van der Waals surface area contributed by atoms with Crippen molar-refractivity contribution >= 4 is 27.0 Å². The third-order valence-corrected chi connectivity index (χ3v) is 6.38. The van der Waals surface area contributed by atoms with Gasteiger partial charge in [-0.1, -0.05) is 26.0 Å². The van der Waals surface area contributed by atoms with Crippen molar-refractivity contribution in [2.45, 2.75) is 31.2 Å². The van der Waals surface area contributed by atoms with Crippen molar-refractivity contribution < 1.29 is 22.7 Å². The van der Waals surface area contributed by atoms with Crippen LogP contribution in [0.1, 0.15) is 20.3 Å². The molecular formula is C21H24N4O5S. The number of nitrogens with zero attached hydrogens (tertiary/aromatic N) is 2. The lowest BCUT2D eigenvalue weighted by Crippen LogP contribution is -2.48. The molecule has 2 N–H and O–H groups in total. The molecule has 1 unspecified atom stereocenters. The Morgan fingerprint density at radius 2 is 1.84 bits per heavy atom. The Morgan fingerprint density at radius 1 is 1.10 bits per heavy atom. The highest BCUT2D eigenvalue weighted by molar-refractivity contribution is 7.89. The largest absolute Gasteiger partial charge is 0.490 e. The minimum atomic E-state index is -3.99. The number of carbonyl (C=O) groups excluding carboxylic acids is 1. The molecule has 0 saturated carbocycles. The molecule has 164 valence electrons. The number of ether oxygens (including phenoxy) is 2. The lowest BCUT2D eigenvalue weighted by atomic mass is 10.1. The van der Waals surface area contributed by atoms with Crippen LogP contribution in [0.25, 0.3) is 11.0 Å². The molecular weight excluding hydrogens is 420 g/mol. The van der Waals surface area contributed by atoms with Gasteiger partial charge in [-0.3, -0.25) is 10.2 Å². The molecule has 1 amide bonds. The van der Waals surface area contributed by atoms with Gasteiger partial charge in [-0.25, -0.2) is 18.1 Å². The fraction of sp³-hybridized carbons (Fsp3) is 0.333. The molecule has 10 heteroatoms. The predicted molar refractivity (Wildman–Crippen MR) is 115 cm³/mol. The lowest BCUT2D eigenvalue weighted by Gasteiger charge is -2.22. The summed E-state index contributed by atoms with van der Waals surface area (Å²) in [5.74, 6) is 0.0819. The van der Waals surface area contributed by atoms with Crippen LogP contribution in [-0.2, 0) is 14.8 Å². The van der Waals surface area contributed by atoms with Crippen LogP contribution in [0.2, 0.25) is 0 Å². The number of hydrogen-bond donors (Lipinski definition) is 2. The van der Waals surface area contributed by atoms with Crippen LogP contribution in [0, 0.1) is 5.92 Å². The number of amides is 1. The summed E-state index contributed by atoms with van der Waals surface area (Å²) in [5.41, 5.74) is 4.15. The van der Waals surface area contributed by atoms with E-state index in [1.54, 1.807) is 19.9 Å².